The molecule has 0 aromatic heterocycles. The topological polar surface area (TPSA) is 41.5 Å². The number of nitrogens with one attached hydrogen (secondary N) is 1. The van der Waals surface area contributed by atoms with E-state index in [1.807, 2.05) is 31.2 Å². The van der Waals surface area contributed by atoms with Crippen molar-refractivity contribution in [2.24, 2.45) is 10.9 Å². The van der Waals surface area contributed by atoms with Gasteiger partial charge < -0.3 is 5.32 Å². The van der Waals surface area contributed by atoms with E-state index in [1.165, 1.54) is 0 Å². The number of para-hydroxylation sites is 1. The van der Waals surface area contributed by atoms with Crippen molar-refractivity contribution in [2.45, 2.75) is 37.6 Å². The molecule has 1 aliphatic heterocycles. The maximum absolute atomic E-state index is 14.9. The van der Waals surface area contributed by atoms with Crippen LogP contribution in [0.25, 0.3) is 0 Å². The van der Waals surface area contributed by atoms with E-state index in [1.54, 1.807) is 0 Å². The zero-order valence-electron chi connectivity index (χ0n) is 11.4. The molecule has 1 unspecified atom stereocenters. The molecule has 1 amide bonds. The predicted molar refractivity (Wildman–Crippen MR) is 79.8 cm³/mol. The zero-order chi connectivity index (χ0) is 14.2. The van der Waals surface area contributed by atoms with Crippen LogP contribution in [0.2, 0.25) is 0 Å². The number of halogens is 1. The van der Waals surface area contributed by atoms with Crippen LogP contribution in [0.4, 0.5) is 10.1 Å². The fourth-order valence-electron chi connectivity index (χ4n) is 2.81. The lowest BCUT2D eigenvalue weighted by Crippen LogP contribution is -2.38. The van der Waals surface area contributed by atoms with Crippen LogP contribution in [0.1, 0.15) is 31.2 Å². The molecule has 3 nitrogen and oxygen atoms in total. The third-order valence-corrected chi connectivity index (χ3v) is 5.20. The van der Waals surface area contributed by atoms with Crippen molar-refractivity contribution in [1.29, 1.82) is 0 Å². The van der Waals surface area contributed by atoms with Crippen LogP contribution in [0.3, 0.4) is 0 Å². The average molecular weight is 292 g/mol. The van der Waals surface area contributed by atoms with Crippen molar-refractivity contribution < 1.29 is 9.18 Å². The number of aliphatic imine (C=N–C) groups is 1. The highest BCUT2D eigenvalue weighted by atomic mass is 32.2. The lowest BCUT2D eigenvalue weighted by Gasteiger charge is -2.21. The van der Waals surface area contributed by atoms with Gasteiger partial charge in [-0.25, -0.2) is 9.38 Å². The summed E-state index contributed by atoms with van der Waals surface area (Å²) in [6.07, 6.45) is 3.59. The van der Waals surface area contributed by atoms with Crippen LogP contribution in [-0.4, -0.2) is 16.1 Å². The van der Waals surface area contributed by atoms with Crippen LogP contribution < -0.4 is 5.32 Å². The molecule has 1 aromatic rings. The number of amides is 1. The molecule has 106 valence electrons. The Morgan fingerprint density at radius 3 is 2.75 bits per heavy atom. The van der Waals surface area contributed by atoms with E-state index in [-0.39, 0.29) is 5.92 Å². The first-order valence-electron chi connectivity index (χ1n) is 6.93. The molecular weight excluding hydrogens is 275 g/mol. The Kier molecular flexibility index (Phi) is 3.54. The van der Waals surface area contributed by atoms with Crippen LogP contribution >= 0.6 is 11.8 Å². The first-order chi connectivity index (χ1) is 9.59. The maximum Gasteiger partial charge on any atom is 0.274 e. The highest BCUT2D eigenvalue weighted by molar-refractivity contribution is 8.16. The second-order valence-electron chi connectivity index (χ2n) is 5.39. The monoisotopic (exact) mass is 292 g/mol. The summed E-state index contributed by atoms with van der Waals surface area (Å²) in [5.41, 5.74) is 1.78. The first kappa shape index (κ1) is 13.6. The lowest BCUT2D eigenvalue weighted by molar-refractivity contribution is -0.127. The molecule has 0 bridgehead atoms. The van der Waals surface area contributed by atoms with Gasteiger partial charge in [0.1, 0.15) is 0 Å². The number of hydrogen-bond acceptors (Lipinski definition) is 3. The SMILES string of the molecule is Cc1ccccc1N=C1NC(=O)C(F)(C2CCCC2)S1. The van der Waals surface area contributed by atoms with Gasteiger partial charge in [0.05, 0.1) is 5.69 Å². The Morgan fingerprint density at radius 2 is 2.05 bits per heavy atom. The quantitative estimate of drug-likeness (QED) is 0.903. The van der Waals surface area contributed by atoms with Gasteiger partial charge in [0.2, 0.25) is 5.00 Å². The minimum atomic E-state index is -1.84. The molecule has 1 saturated heterocycles. The third kappa shape index (κ3) is 2.35. The van der Waals surface area contributed by atoms with Crippen molar-refractivity contribution in [3.8, 4) is 0 Å². The number of carbonyl (C=O) groups excluding carboxylic acids is 1. The Balaban J connectivity index is 1.84. The van der Waals surface area contributed by atoms with Crippen LogP contribution in [0.5, 0.6) is 0 Å². The number of amidine groups is 1. The average Bonchev–Trinajstić information content (AvgIpc) is 3.03. The summed E-state index contributed by atoms with van der Waals surface area (Å²) in [6.45, 7) is 1.94. The van der Waals surface area contributed by atoms with Crippen molar-refractivity contribution in [3.63, 3.8) is 0 Å². The largest absolute Gasteiger partial charge is 0.301 e. The second kappa shape index (κ2) is 5.20. The molecule has 20 heavy (non-hydrogen) atoms. The second-order valence-corrected chi connectivity index (χ2v) is 6.57. The Labute approximate surface area is 122 Å². The van der Waals surface area contributed by atoms with Gasteiger partial charge in [-0.2, -0.15) is 0 Å². The number of alkyl halides is 1. The molecule has 1 N–H and O–H groups in total. The van der Waals surface area contributed by atoms with Gasteiger partial charge >= 0.3 is 0 Å². The van der Waals surface area contributed by atoms with Gasteiger partial charge in [0, 0.05) is 5.92 Å². The van der Waals surface area contributed by atoms with Gasteiger partial charge in [-0.15, -0.1) is 0 Å². The van der Waals surface area contributed by atoms with Crippen molar-refractivity contribution in [1.82, 2.24) is 5.32 Å². The highest BCUT2D eigenvalue weighted by Gasteiger charge is 2.53. The minimum absolute atomic E-state index is 0.183. The van der Waals surface area contributed by atoms with Crippen LogP contribution in [0, 0.1) is 12.8 Å². The maximum atomic E-state index is 14.9. The molecule has 1 atom stereocenters. The summed E-state index contributed by atoms with van der Waals surface area (Å²) < 4.78 is 14.9. The van der Waals surface area contributed by atoms with E-state index >= 15 is 0 Å². The number of aryl methyl sites for hydroxylation is 1. The van der Waals surface area contributed by atoms with Gasteiger partial charge in [-0.1, -0.05) is 31.0 Å². The fraction of sp³-hybridized carbons (Fsp3) is 0.467. The number of benzene rings is 1. The van der Waals surface area contributed by atoms with E-state index in [0.717, 1.165) is 48.7 Å². The van der Waals surface area contributed by atoms with Crippen molar-refractivity contribution in [2.75, 3.05) is 0 Å². The van der Waals surface area contributed by atoms with Gasteiger partial charge in [-0.3, -0.25) is 4.79 Å². The van der Waals surface area contributed by atoms with Gasteiger partial charge in [0.25, 0.3) is 5.91 Å². The fourth-order valence-corrected chi connectivity index (χ4v) is 3.92. The van der Waals surface area contributed by atoms with E-state index < -0.39 is 10.9 Å². The molecule has 1 aliphatic carbocycles. The summed E-state index contributed by atoms with van der Waals surface area (Å²) in [5, 5.41) is 1.13. The Bertz CT molecular complexity index is 569. The van der Waals surface area contributed by atoms with E-state index in [2.05, 4.69) is 10.3 Å². The van der Waals surface area contributed by atoms with E-state index in [0.29, 0.717) is 5.17 Å². The normalized spacial score (nSPS) is 29.1. The summed E-state index contributed by atoms with van der Waals surface area (Å²) in [5.74, 6) is -0.723. The van der Waals surface area contributed by atoms with E-state index in [4.69, 9.17) is 0 Å². The molecule has 0 spiro atoms. The number of hydrogen-bond donors (Lipinski definition) is 1. The summed E-state index contributed by atoms with van der Waals surface area (Å²) in [7, 11) is 0. The first-order valence-corrected chi connectivity index (χ1v) is 7.75. The summed E-state index contributed by atoms with van der Waals surface area (Å²) in [6, 6.07) is 7.62. The third-order valence-electron chi connectivity index (χ3n) is 3.99. The van der Waals surface area contributed by atoms with Crippen molar-refractivity contribution in [3.05, 3.63) is 29.8 Å². The zero-order valence-corrected chi connectivity index (χ0v) is 12.2. The van der Waals surface area contributed by atoms with E-state index in [9.17, 15) is 9.18 Å². The molecule has 2 aliphatic rings. The minimum Gasteiger partial charge on any atom is -0.301 e. The molecule has 1 heterocycles. The smallest absolute Gasteiger partial charge is 0.274 e. The molecule has 1 saturated carbocycles. The van der Waals surface area contributed by atoms with Crippen LogP contribution in [-0.2, 0) is 4.79 Å². The summed E-state index contributed by atoms with van der Waals surface area (Å²) >= 11 is 0.945. The standard InChI is InChI=1S/C15H17FN2OS/c1-10-6-2-5-9-12(10)17-14-18-13(19)15(16,20-14)11-7-3-4-8-11/h2,5-6,9,11H,3-4,7-8H2,1H3,(H,17,18,19). The van der Waals surface area contributed by atoms with Crippen LogP contribution in [0.15, 0.2) is 29.3 Å². The number of thioether (sulfide) groups is 1. The Hall–Kier alpha value is -1.36. The number of rotatable bonds is 2. The number of nitrogens with zero attached hydrogens (tertiary/aromatic N) is 1. The Morgan fingerprint density at radius 1 is 1.35 bits per heavy atom. The molecular formula is C15H17FN2OS. The molecule has 3 rings (SSSR count). The highest BCUT2D eigenvalue weighted by Crippen LogP contribution is 2.47. The van der Waals surface area contributed by atoms with Gasteiger partial charge in [-0.05, 0) is 43.2 Å². The lowest BCUT2D eigenvalue weighted by atomic mass is 10.0. The molecule has 2 fully saturated rings. The molecule has 0 radical (unpaired) electrons. The van der Waals surface area contributed by atoms with Crippen molar-refractivity contribution >= 4 is 28.5 Å². The molecule has 1 aromatic carbocycles. The number of carbonyl (C=O) groups is 1. The predicted octanol–water partition coefficient (Wildman–Crippen LogP) is 3.70. The summed E-state index contributed by atoms with van der Waals surface area (Å²) in [4.78, 5) is 16.4. The molecule has 5 heteroatoms. The van der Waals surface area contributed by atoms with Gasteiger partial charge in [0.15, 0.2) is 5.17 Å².